The maximum atomic E-state index is 9.69. The van der Waals surface area contributed by atoms with Gasteiger partial charge in [-0.2, -0.15) is 5.26 Å². The molecule has 0 amide bonds. The molecular formula is C26H23N3O2. The second-order valence-electron chi connectivity index (χ2n) is 7.27. The number of hydrogen-bond donors (Lipinski definition) is 1. The molecular weight excluding hydrogens is 386 g/mol. The molecule has 4 rings (SSSR count). The number of benzene rings is 3. The van der Waals surface area contributed by atoms with E-state index in [9.17, 15) is 5.26 Å². The monoisotopic (exact) mass is 409 g/mol. The van der Waals surface area contributed by atoms with Crippen molar-refractivity contribution in [1.29, 1.82) is 5.26 Å². The molecule has 0 saturated carbocycles. The van der Waals surface area contributed by atoms with Crippen LogP contribution in [0.2, 0.25) is 0 Å². The van der Waals surface area contributed by atoms with Crippen LogP contribution in [-0.4, -0.2) is 23.7 Å². The third-order valence-electron chi connectivity index (χ3n) is 5.00. The molecule has 5 nitrogen and oxygen atoms in total. The fraction of sp³-hybridized carbons (Fsp3) is 0.154. The lowest BCUT2D eigenvalue weighted by Gasteiger charge is -2.11. The number of aryl methyl sites for hydroxylation is 1. The van der Waals surface area contributed by atoms with Crippen molar-refractivity contribution in [1.82, 2.24) is 9.97 Å². The Morgan fingerprint density at radius 1 is 1.06 bits per heavy atom. The Bertz CT molecular complexity index is 1270. The molecule has 31 heavy (non-hydrogen) atoms. The molecule has 0 aliphatic heterocycles. The summed E-state index contributed by atoms with van der Waals surface area (Å²) in [7, 11) is 1.61. The highest BCUT2D eigenvalue weighted by Crippen LogP contribution is 2.30. The van der Waals surface area contributed by atoms with E-state index in [1.54, 1.807) is 13.2 Å². The van der Waals surface area contributed by atoms with Gasteiger partial charge >= 0.3 is 0 Å². The highest BCUT2D eigenvalue weighted by Gasteiger charge is 2.10. The first-order valence-corrected chi connectivity index (χ1v) is 10.1. The molecule has 1 heterocycles. The number of H-pyrrole nitrogens is 1. The highest BCUT2D eigenvalue weighted by atomic mass is 16.5. The number of allylic oxidation sites excluding steroid dienone is 1. The van der Waals surface area contributed by atoms with Gasteiger partial charge in [0.25, 0.3) is 0 Å². The normalized spacial score (nSPS) is 11.3. The van der Waals surface area contributed by atoms with E-state index in [4.69, 9.17) is 9.47 Å². The van der Waals surface area contributed by atoms with Gasteiger partial charge in [-0.05, 0) is 54.0 Å². The second kappa shape index (κ2) is 9.19. The summed E-state index contributed by atoms with van der Waals surface area (Å²) in [5.74, 6) is 1.85. The topological polar surface area (TPSA) is 70.9 Å². The summed E-state index contributed by atoms with van der Waals surface area (Å²) in [6.07, 6.45) is 2.61. The van der Waals surface area contributed by atoms with E-state index in [1.165, 1.54) is 5.56 Å². The number of methoxy groups -OCH3 is 1. The van der Waals surface area contributed by atoms with Gasteiger partial charge in [0.1, 0.15) is 11.9 Å². The van der Waals surface area contributed by atoms with Crippen LogP contribution in [0.3, 0.4) is 0 Å². The van der Waals surface area contributed by atoms with Crippen molar-refractivity contribution in [2.75, 3.05) is 13.7 Å². The average molecular weight is 409 g/mol. The number of fused-ring (bicyclic) bond motifs is 1. The molecule has 0 fully saturated rings. The van der Waals surface area contributed by atoms with Gasteiger partial charge in [-0.25, -0.2) is 4.98 Å². The van der Waals surface area contributed by atoms with Gasteiger partial charge in [0, 0.05) is 6.42 Å². The summed E-state index contributed by atoms with van der Waals surface area (Å²) in [5, 5.41) is 9.69. The Morgan fingerprint density at radius 3 is 2.68 bits per heavy atom. The minimum absolute atomic E-state index is 0.452. The van der Waals surface area contributed by atoms with Crippen molar-refractivity contribution in [2.45, 2.75) is 13.3 Å². The summed E-state index contributed by atoms with van der Waals surface area (Å²) >= 11 is 0. The Balaban J connectivity index is 1.53. The lowest BCUT2D eigenvalue weighted by Crippen LogP contribution is -2.02. The average Bonchev–Trinajstić information content (AvgIpc) is 3.21. The minimum Gasteiger partial charge on any atom is -0.493 e. The summed E-state index contributed by atoms with van der Waals surface area (Å²) < 4.78 is 11.4. The lowest BCUT2D eigenvalue weighted by atomic mass is 10.1. The molecule has 0 unspecified atom stereocenters. The molecule has 0 radical (unpaired) electrons. The summed E-state index contributed by atoms with van der Waals surface area (Å²) in [6, 6.07) is 24.1. The first-order chi connectivity index (χ1) is 15.2. The maximum absolute atomic E-state index is 9.69. The third kappa shape index (κ3) is 4.76. The lowest BCUT2D eigenvalue weighted by molar-refractivity contribution is 0.297. The van der Waals surface area contributed by atoms with Crippen molar-refractivity contribution in [3.8, 4) is 17.6 Å². The standard InChI is InChI=1S/C26H23N3O2/c1-18-8-10-22-23(14-18)29-26(28-22)21(17-27)15-20-9-11-24(25(16-20)30-2)31-13-12-19-6-4-3-5-7-19/h3-11,14-16H,12-13H2,1-2H3,(H,28,29)/b21-15-. The van der Waals surface area contributed by atoms with E-state index in [2.05, 4.69) is 28.2 Å². The molecule has 4 aromatic rings. The van der Waals surface area contributed by atoms with Crippen LogP contribution in [0, 0.1) is 18.3 Å². The van der Waals surface area contributed by atoms with E-state index in [-0.39, 0.29) is 0 Å². The number of aromatic amines is 1. The fourth-order valence-corrected chi connectivity index (χ4v) is 3.39. The van der Waals surface area contributed by atoms with Crippen molar-refractivity contribution < 1.29 is 9.47 Å². The predicted octanol–water partition coefficient (Wildman–Crippen LogP) is 5.57. The molecule has 0 saturated heterocycles. The highest BCUT2D eigenvalue weighted by molar-refractivity contribution is 5.90. The van der Waals surface area contributed by atoms with Crippen LogP contribution in [-0.2, 0) is 6.42 Å². The SMILES string of the molecule is COc1cc(/C=C(/C#N)c2nc3ccc(C)cc3[nH]2)ccc1OCCc1ccccc1. The maximum Gasteiger partial charge on any atom is 0.161 e. The number of ether oxygens (including phenoxy) is 2. The van der Waals surface area contributed by atoms with Gasteiger partial charge in [-0.1, -0.05) is 42.5 Å². The van der Waals surface area contributed by atoms with E-state index < -0.39 is 0 Å². The number of nitriles is 1. The molecule has 0 spiro atoms. The zero-order chi connectivity index (χ0) is 21.6. The number of hydrogen-bond acceptors (Lipinski definition) is 4. The Labute approximate surface area is 181 Å². The molecule has 154 valence electrons. The fourth-order valence-electron chi connectivity index (χ4n) is 3.39. The van der Waals surface area contributed by atoms with Crippen molar-refractivity contribution in [2.24, 2.45) is 0 Å². The number of nitrogens with one attached hydrogen (secondary N) is 1. The van der Waals surface area contributed by atoms with Crippen LogP contribution in [0.4, 0.5) is 0 Å². The number of imidazole rings is 1. The van der Waals surface area contributed by atoms with Gasteiger partial charge in [0.2, 0.25) is 0 Å². The number of nitrogens with zero attached hydrogens (tertiary/aromatic N) is 2. The van der Waals surface area contributed by atoms with Crippen LogP contribution in [0.1, 0.15) is 22.5 Å². The van der Waals surface area contributed by atoms with E-state index in [0.29, 0.717) is 29.5 Å². The number of aromatic nitrogens is 2. The molecule has 5 heteroatoms. The van der Waals surface area contributed by atoms with Crippen LogP contribution in [0.5, 0.6) is 11.5 Å². The van der Waals surface area contributed by atoms with E-state index >= 15 is 0 Å². The summed E-state index contributed by atoms with van der Waals surface area (Å²) in [6.45, 7) is 2.58. The van der Waals surface area contributed by atoms with Gasteiger partial charge in [-0.15, -0.1) is 0 Å². The van der Waals surface area contributed by atoms with E-state index in [1.807, 2.05) is 61.5 Å². The molecule has 0 bridgehead atoms. The Kier molecular flexibility index (Phi) is 6.00. The Morgan fingerprint density at radius 2 is 1.90 bits per heavy atom. The second-order valence-corrected chi connectivity index (χ2v) is 7.27. The molecule has 1 aromatic heterocycles. The summed E-state index contributed by atoms with van der Waals surface area (Å²) in [4.78, 5) is 7.78. The van der Waals surface area contributed by atoms with Gasteiger partial charge in [-0.3, -0.25) is 0 Å². The smallest absolute Gasteiger partial charge is 0.161 e. The van der Waals surface area contributed by atoms with Gasteiger partial charge in [0.05, 0.1) is 30.3 Å². The zero-order valence-corrected chi connectivity index (χ0v) is 17.6. The molecule has 0 atom stereocenters. The van der Waals surface area contributed by atoms with Crippen molar-refractivity contribution >= 4 is 22.7 Å². The van der Waals surface area contributed by atoms with Gasteiger partial charge in [0.15, 0.2) is 11.5 Å². The molecule has 0 aliphatic rings. The van der Waals surface area contributed by atoms with E-state index in [0.717, 1.165) is 28.6 Å². The zero-order valence-electron chi connectivity index (χ0n) is 17.6. The van der Waals surface area contributed by atoms with Gasteiger partial charge < -0.3 is 14.5 Å². The van der Waals surface area contributed by atoms with Crippen LogP contribution >= 0.6 is 0 Å². The Hall–Kier alpha value is -4.04. The number of rotatable bonds is 7. The van der Waals surface area contributed by atoms with Crippen LogP contribution in [0.15, 0.2) is 66.7 Å². The summed E-state index contributed by atoms with van der Waals surface area (Å²) in [5.41, 5.74) is 5.39. The van der Waals surface area contributed by atoms with Crippen LogP contribution < -0.4 is 9.47 Å². The molecule has 1 N–H and O–H groups in total. The largest absolute Gasteiger partial charge is 0.493 e. The first-order valence-electron chi connectivity index (χ1n) is 10.1. The predicted molar refractivity (Wildman–Crippen MR) is 123 cm³/mol. The van der Waals surface area contributed by atoms with Crippen LogP contribution in [0.25, 0.3) is 22.7 Å². The first kappa shape index (κ1) is 20.2. The quantitative estimate of drug-likeness (QED) is 0.405. The minimum atomic E-state index is 0.452. The molecule has 0 aliphatic carbocycles. The molecule has 3 aromatic carbocycles. The van der Waals surface area contributed by atoms with Crippen molar-refractivity contribution in [3.63, 3.8) is 0 Å². The van der Waals surface area contributed by atoms with Crippen molar-refractivity contribution in [3.05, 3.63) is 89.2 Å². The third-order valence-corrected chi connectivity index (χ3v) is 5.00.